The molecule has 1 rings (SSSR count). The highest BCUT2D eigenvalue weighted by Gasteiger charge is 2.31. The lowest BCUT2D eigenvalue weighted by Crippen LogP contribution is -2.34. The summed E-state index contributed by atoms with van der Waals surface area (Å²) in [5.41, 5.74) is 0. The van der Waals surface area contributed by atoms with Crippen LogP contribution < -0.4 is 0 Å². The maximum Gasteiger partial charge on any atom is 0.226 e. The number of hydrogen-bond donors (Lipinski definition) is 1. The minimum absolute atomic E-state index is 0.0549. The van der Waals surface area contributed by atoms with Gasteiger partial charge in [0.1, 0.15) is 0 Å². The summed E-state index contributed by atoms with van der Waals surface area (Å²) in [4.78, 5) is 13.1. The van der Waals surface area contributed by atoms with E-state index in [1.54, 1.807) is 11.0 Å². The number of aliphatic hydroxyl groups excluding tert-OH is 1. The Morgan fingerprint density at radius 2 is 2.33 bits per heavy atom. The standard InChI is InChI=1S/C9H15NO2/c1-2-3-9(12)10(6-7-11)8-4-5-8/h2,8,11H,1,3-7H2. The molecule has 0 heterocycles. The Balaban J connectivity index is 2.39. The molecule has 1 amide bonds. The van der Waals surface area contributed by atoms with Crippen molar-refractivity contribution in [2.75, 3.05) is 13.2 Å². The molecular weight excluding hydrogens is 154 g/mol. The Labute approximate surface area is 72.7 Å². The second kappa shape index (κ2) is 4.26. The number of hydrogen-bond acceptors (Lipinski definition) is 2. The van der Waals surface area contributed by atoms with Gasteiger partial charge in [0.05, 0.1) is 6.61 Å². The van der Waals surface area contributed by atoms with E-state index < -0.39 is 0 Å². The molecule has 0 aliphatic heterocycles. The molecule has 0 spiro atoms. The molecule has 1 aliphatic carbocycles. The van der Waals surface area contributed by atoms with Gasteiger partial charge in [-0.15, -0.1) is 6.58 Å². The molecule has 0 aromatic rings. The van der Waals surface area contributed by atoms with Crippen LogP contribution in [0.2, 0.25) is 0 Å². The Morgan fingerprint density at radius 3 is 2.75 bits per heavy atom. The molecule has 3 heteroatoms. The van der Waals surface area contributed by atoms with Crippen molar-refractivity contribution in [3.8, 4) is 0 Å². The van der Waals surface area contributed by atoms with Gasteiger partial charge in [0, 0.05) is 19.0 Å². The number of carbonyl (C=O) groups is 1. The molecule has 0 aromatic carbocycles. The van der Waals surface area contributed by atoms with Crippen LogP contribution >= 0.6 is 0 Å². The molecule has 12 heavy (non-hydrogen) atoms. The summed E-state index contributed by atoms with van der Waals surface area (Å²) in [5, 5.41) is 8.71. The minimum Gasteiger partial charge on any atom is -0.395 e. The van der Waals surface area contributed by atoms with Crippen molar-refractivity contribution >= 4 is 5.91 Å². The fraction of sp³-hybridized carbons (Fsp3) is 0.667. The summed E-state index contributed by atoms with van der Waals surface area (Å²) in [6, 6.07) is 0.393. The largest absolute Gasteiger partial charge is 0.395 e. The third kappa shape index (κ3) is 2.34. The number of aliphatic hydroxyl groups is 1. The zero-order valence-electron chi connectivity index (χ0n) is 7.20. The fourth-order valence-electron chi connectivity index (χ4n) is 1.25. The van der Waals surface area contributed by atoms with E-state index >= 15 is 0 Å². The summed E-state index contributed by atoms with van der Waals surface area (Å²) in [5.74, 6) is 0.0848. The monoisotopic (exact) mass is 169 g/mol. The molecule has 68 valence electrons. The number of rotatable bonds is 5. The van der Waals surface area contributed by atoms with Crippen LogP contribution in [0, 0.1) is 0 Å². The van der Waals surface area contributed by atoms with Gasteiger partial charge in [0.2, 0.25) is 5.91 Å². The highest BCUT2D eigenvalue weighted by atomic mass is 16.3. The van der Waals surface area contributed by atoms with Crippen LogP contribution in [0.25, 0.3) is 0 Å². The lowest BCUT2D eigenvalue weighted by Gasteiger charge is -2.20. The first-order valence-electron chi connectivity index (χ1n) is 4.30. The molecule has 0 unspecified atom stereocenters. The highest BCUT2D eigenvalue weighted by molar-refractivity contribution is 5.78. The predicted octanol–water partition coefficient (Wildman–Crippen LogP) is 0.546. The van der Waals surface area contributed by atoms with Crippen molar-refractivity contribution in [2.45, 2.75) is 25.3 Å². The van der Waals surface area contributed by atoms with Crippen molar-refractivity contribution < 1.29 is 9.90 Å². The quantitative estimate of drug-likeness (QED) is 0.610. The fourth-order valence-corrected chi connectivity index (χ4v) is 1.25. The predicted molar refractivity (Wildman–Crippen MR) is 46.6 cm³/mol. The van der Waals surface area contributed by atoms with Crippen LogP contribution in [0.4, 0.5) is 0 Å². The molecule has 1 saturated carbocycles. The van der Waals surface area contributed by atoms with E-state index in [0.29, 0.717) is 19.0 Å². The highest BCUT2D eigenvalue weighted by Crippen LogP contribution is 2.26. The maximum atomic E-state index is 11.4. The molecule has 1 N–H and O–H groups in total. The molecule has 0 aromatic heterocycles. The summed E-state index contributed by atoms with van der Waals surface area (Å²) in [6.07, 6.45) is 4.16. The van der Waals surface area contributed by atoms with Crippen molar-refractivity contribution in [3.63, 3.8) is 0 Å². The van der Waals surface area contributed by atoms with E-state index in [2.05, 4.69) is 6.58 Å². The minimum atomic E-state index is 0.0549. The van der Waals surface area contributed by atoms with E-state index in [0.717, 1.165) is 12.8 Å². The third-order valence-electron chi connectivity index (χ3n) is 1.97. The smallest absolute Gasteiger partial charge is 0.226 e. The van der Waals surface area contributed by atoms with Gasteiger partial charge in [-0.3, -0.25) is 4.79 Å². The van der Waals surface area contributed by atoms with Gasteiger partial charge in [0.15, 0.2) is 0 Å². The molecule has 3 nitrogen and oxygen atoms in total. The molecule has 0 radical (unpaired) electrons. The maximum absolute atomic E-state index is 11.4. The van der Waals surface area contributed by atoms with Gasteiger partial charge in [-0.25, -0.2) is 0 Å². The van der Waals surface area contributed by atoms with Crippen LogP contribution in [0.3, 0.4) is 0 Å². The molecule has 0 saturated heterocycles. The summed E-state index contributed by atoms with van der Waals surface area (Å²) in [6.45, 7) is 4.04. The van der Waals surface area contributed by atoms with Crippen LogP contribution in [0.5, 0.6) is 0 Å². The second-order valence-electron chi connectivity index (χ2n) is 3.03. The molecular formula is C9H15NO2. The average molecular weight is 169 g/mol. The topological polar surface area (TPSA) is 40.5 Å². The molecule has 0 atom stereocenters. The van der Waals surface area contributed by atoms with E-state index in [1.807, 2.05) is 0 Å². The Morgan fingerprint density at radius 1 is 1.67 bits per heavy atom. The third-order valence-corrected chi connectivity index (χ3v) is 1.97. The van der Waals surface area contributed by atoms with E-state index in [9.17, 15) is 4.79 Å². The summed E-state index contributed by atoms with van der Waals surface area (Å²) >= 11 is 0. The number of nitrogens with zero attached hydrogens (tertiary/aromatic N) is 1. The molecule has 1 fully saturated rings. The van der Waals surface area contributed by atoms with Gasteiger partial charge in [-0.1, -0.05) is 6.08 Å². The van der Waals surface area contributed by atoms with Crippen molar-refractivity contribution in [1.82, 2.24) is 4.90 Å². The normalized spacial score (nSPS) is 15.8. The van der Waals surface area contributed by atoms with Crippen LogP contribution in [-0.2, 0) is 4.79 Å². The Bertz CT molecular complexity index is 175. The molecule has 0 bridgehead atoms. The van der Waals surface area contributed by atoms with Gasteiger partial charge < -0.3 is 10.0 Å². The SMILES string of the molecule is C=CCC(=O)N(CCO)C1CC1. The zero-order chi connectivity index (χ0) is 8.97. The van der Waals surface area contributed by atoms with E-state index in [1.165, 1.54) is 0 Å². The van der Waals surface area contributed by atoms with E-state index in [-0.39, 0.29) is 12.5 Å². The zero-order valence-corrected chi connectivity index (χ0v) is 7.20. The van der Waals surface area contributed by atoms with Gasteiger partial charge >= 0.3 is 0 Å². The second-order valence-corrected chi connectivity index (χ2v) is 3.03. The van der Waals surface area contributed by atoms with Gasteiger partial charge in [-0.05, 0) is 12.8 Å². The average Bonchev–Trinajstić information content (AvgIpc) is 2.83. The van der Waals surface area contributed by atoms with Crippen LogP contribution in [-0.4, -0.2) is 35.1 Å². The van der Waals surface area contributed by atoms with Gasteiger partial charge in [0.25, 0.3) is 0 Å². The first-order chi connectivity index (χ1) is 5.79. The van der Waals surface area contributed by atoms with Crippen molar-refractivity contribution in [3.05, 3.63) is 12.7 Å². The number of carbonyl (C=O) groups excluding carboxylic acids is 1. The first kappa shape index (κ1) is 9.26. The van der Waals surface area contributed by atoms with Crippen LogP contribution in [0.15, 0.2) is 12.7 Å². The Hall–Kier alpha value is -0.830. The van der Waals surface area contributed by atoms with Crippen molar-refractivity contribution in [2.24, 2.45) is 0 Å². The Kier molecular flexibility index (Phi) is 3.29. The van der Waals surface area contributed by atoms with Crippen LogP contribution in [0.1, 0.15) is 19.3 Å². The summed E-state index contributed by atoms with van der Waals surface area (Å²) < 4.78 is 0. The number of amides is 1. The van der Waals surface area contributed by atoms with Crippen molar-refractivity contribution in [1.29, 1.82) is 0 Å². The van der Waals surface area contributed by atoms with E-state index in [4.69, 9.17) is 5.11 Å². The van der Waals surface area contributed by atoms with Gasteiger partial charge in [-0.2, -0.15) is 0 Å². The lowest BCUT2D eigenvalue weighted by atomic mass is 10.3. The lowest BCUT2D eigenvalue weighted by molar-refractivity contribution is -0.131. The first-order valence-corrected chi connectivity index (χ1v) is 4.30. The summed E-state index contributed by atoms with van der Waals surface area (Å²) in [7, 11) is 0. The molecule has 1 aliphatic rings.